The Labute approximate surface area is 126 Å². The van der Waals surface area contributed by atoms with Crippen LogP contribution in [-0.4, -0.2) is 24.9 Å². The first-order valence-electron chi connectivity index (χ1n) is 6.57. The van der Waals surface area contributed by atoms with Crippen LogP contribution in [0.3, 0.4) is 0 Å². The molecule has 0 bridgehead atoms. The van der Waals surface area contributed by atoms with Crippen LogP contribution in [0.2, 0.25) is 0 Å². The Morgan fingerprint density at radius 3 is 2.18 bits per heavy atom. The topological polar surface area (TPSA) is 32.3 Å². The lowest BCUT2D eigenvalue weighted by atomic mass is 10.1. The van der Waals surface area contributed by atoms with Crippen LogP contribution in [0.15, 0.2) is 36.4 Å². The summed E-state index contributed by atoms with van der Waals surface area (Å²) in [5.74, 6) is -3.32. The normalized spacial score (nSPS) is 10.4. The van der Waals surface area contributed by atoms with Crippen LogP contribution in [-0.2, 0) is 6.54 Å². The molecule has 2 rings (SSSR count). The first-order chi connectivity index (χ1) is 10.4. The van der Waals surface area contributed by atoms with Gasteiger partial charge in [-0.1, -0.05) is 12.1 Å². The summed E-state index contributed by atoms with van der Waals surface area (Å²) < 4.78 is 39.4. The van der Waals surface area contributed by atoms with E-state index in [0.29, 0.717) is 11.6 Å². The van der Waals surface area contributed by atoms with Gasteiger partial charge in [-0.25, -0.2) is 13.2 Å². The van der Waals surface area contributed by atoms with Crippen LogP contribution in [0.25, 0.3) is 0 Å². The monoisotopic (exact) mass is 308 g/mol. The molecule has 2 aromatic carbocycles. The Morgan fingerprint density at radius 2 is 1.59 bits per heavy atom. The van der Waals surface area contributed by atoms with E-state index in [9.17, 15) is 18.0 Å². The molecule has 116 valence electrons. The number of nitrogens with zero attached hydrogens (tertiary/aromatic N) is 1. The van der Waals surface area contributed by atoms with Gasteiger partial charge in [0.1, 0.15) is 5.82 Å². The molecule has 0 aliphatic rings. The van der Waals surface area contributed by atoms with Crippen LogP contribution in [0.4, 0.5) is 18.9 Å². The summed E-state index contributed by atoms with van der Waals surface area (Å²) in [5.41, 5.74) is 1.19. The third-order valence-corrected chi connectivity index (χ3v) is 3.10. The zero-order valence-electron chi connectivity index (χ0n) is 12.2. The van der Waals surface area contributed by atoms with Crippen molar-refractivity contribution in [3.8, 4) is 0 Å². The number of amides is 1. The minimum atomic E-state index is -1.23. The van der Waals surface area contributed by atoms with E-state index in [4.69, 9.17) is 0 Å². The quantitative estimate of drug-likeness (QED) is 0.878. The second-order valence-electron chi connectivity index (χ2n) is 5.00. The van der Waals surface area contributed by atoms with Crippen LogP contribution in [0.1, 0.15) is 15.9 Å². The van der Waals surface area contributed by atoms with Gasteiger partial charge in [-0.05, 0) is 17.7 Å². The lowest BCUT2D eigenvalue weighted by Gasteiger charge is -2.11. The van der Waals surface area contributed by atoms with Gasteiger partial charge in [0.15, 0.2) is 11.6 Å². The molecule has 0 unspecified atom stereocenters. The van der Waals surface area contributed by atoms with E-state index in [2.05, 4.69) is 5.32 Å². The fraction of sp³-hybridized carbons (Fsp3) is 0.188. The van der Waals surface area contributed by atoms with Gasteiger partial charge in [0.2, 0.25) is 0 Å². The Hall–Kier alpha value is -2.50. The molecule has 3 nitrogen and oxygen atoms in total. The number of halogens is 3. The molecule has 0 saturated heterocycles. The molecule has 0 aromatic heterocycles. The van der Waals surface area contributed by atoms with Crippen molar-refractivity contribution in [1.82, 2.24) is 4.90 Å². The van der Waals surface area contributed by atoms with E-state index < -0.39 is 17.5 Å². The van der Waals surface area contributed by atoms with Crippen molar-refractivity contribution in [2.24, 2.45) is 0 Å². The fourth-order valence-electron chi connectivity index (χ4n) is 1.88. The van der Waals surface area contributed by atoms with E-state index in [0.717, 1.165) is 11.6 Å². The van der Waals surface area contributed by atoms with E-state index in [1.807, 2.05) is 0 Å². The summed E-state index contributed by atoms with van der Waals surface area (Å²) in [5, 5.41) is 2.69. The molecule has 0 fully saturated rings. The van der Waals surface area contributed by atoms with Crippen molar-refractivity contribution >= 4 is 11.6 Å². The second-order valence-corrected chi connectivity index (χ2v) is 5.00. The van der Waals surface area contributed by atoms with Crippen LogP contribution in [0, 0.1) is 17.5 Å². The average Bonchev–Trinajstić information content (AvgIpc) is 2.49. The van der Waals surface area contributed by atoms with E-state index in [1.54, 1.807) is 38.4 Å². The molecule has 0 aliphatic carbocycles. The first-order valence-corrected chi connectivity index (χ1v) is 6.57. The smallest absolute Gasteiger partial charge is 0.253 e. The summed E-state index contributed by atoms with van der Waals surface area (Å²) in [4.78, 5) is 13.2. The highest BCUT2D eigenvalue weighted by molar-refractivity contribution is 5.93. The maximum absolute atomic E-state index is 13.5. The highest BCUT2D eigenvalue weighted by Crippen LogP contribution is 2.19. The maximum Gasteiger partial charge on any atom is 0.253 e. The standard InChI is InChI=1S/C16H15F3N2O/c1-21(2)16(22)11-5-3-10(4-6-11)9-20-15-8-13(18)12(17)7-14(15)19/h3-8,20H,9H2,1-2H3. The van der Waals surface area contributed by atoms with Crippen molar-refractivity contribution in [3.05, 3.63) is 65.0 Å². The van der Waals surface area contributed by atoms with Gasteiger partial charge in [0.05, 0.1) is 5.69 Å². The van der Waals surface area contributed by atoms with Crippen LogP contribution >= 0.6 is 0 Å². The highest BCUT2D eigenvalue weighted by atomic mass is 19.2. The van der Waals surface area contributed by atoms with Gasteiger partial charge in [0, 0.05) is 38.3 Å². The van der Waals surface area contributed by atoms with Gasteiger partial charge in [-0.3, -0.25) is 4.79 Å². The molecule has 0 saturated carbocycles. The predicted molar refractivity (Wildman–Crippen MR) is 78.1 cm³/mol. The molecule has 0 heterocycles. The zero-order valence-corrected chi connectivity index (χ0v) is 12.2. The summed E-state index contributed by atoms with van der Waals surface area (Å²) >= 11 is 0. The number of anilines is 1. The van der Waals surface area contributed by atoms with Gasteiger partial charge in [-0.2, -0.15) is 0 Å². The molecule has 0 spiro atoms. The van der Waals surface area contributed by atoms with E-state index in [1.165, 1.54) is 4.90 Å². The molecule has 2 aromatic rings. The number of carbonyl (C=O) groups excluding carboxylic acids is 1. The van der Waals surface area contributed by atoms with Crippen molar-refractivity contribution in [2.75, 3.05) is 19.4 Å². The molecule has 0 radical (unpaired) electrons. The minimum Gasteiger partial charge on any atom is -0.379 e. The van der Waals surface area contributed by atoms with Gasteiger partial charge in [0.25, 0.3) is 5.91 Å². The number of carbonyl (C=O) groups is 1. The van der Waals surface area contributed by atoms with Crippen LogP contribution in [0.5, 0.6) is 0 Å². The predicted octanol–water partition coefficient (Wildman–Crippen LogP) is 3.42. The van der Waals surface area contributed by atoms with Crippen molar-refractivity contribution in [2.45, 2.75) is 6.54 Å². The van der Waals surface area contributed by atoms with Gasteiger partial charge in [-0.15, -0.1) is 0 Å². The molecular weight excluding hydrogens is 293 g/mol. The molecule has 0 atom stereocenters. The third-order valence-electron chi connectivity index (χ3n) is 3.10. The molecule has 1 amide bonds. The SMILES string of the molecule is CN(C)C(=O)c1ccc(CNc2cc(F)c(F)cc2F)cc1. The number of benzene rings is 2. The van der Waals surface area contributed by atoms with Crippen LogP contribution < -0.4 is 5.32 Å². The zero-order chi connectivity index (χ0) is 16.3. The summed E-state index contributed by atoms with van der Waals surface area (Å²) in [6.45, 7) is 0.221. The molecule has 22 heavy (non-hydrogen) atoms. The maximum atomic E-state index is 13.5. The van der Waals surface area contributed by atoms with Gasteiger partial charge >= 0.3 is 0 Å². The Bertz CT molecular complexity index is 685. The van der Waals surface area contributed by atoms with Crippen molar-refractivity contribution < 1.29 is 18.0 Å². The minimum absolute atomic E-state index is 0.118. The average molecular weight is 308 g/mol. The largest absolute Gasteiger partial charge is 0.379 e. The third kappa shape index (κ3) is 3.58. The summed E-state index contributed by atoms with van der Waals surface area (Å²) in [7, 11) is 3.31. The number of hydrogen-bond acceptors (Lipinski definition) is 2. The van der Waals surface area contributed by atoms with Crippen molar-refractivity contribution in [1.29, 1.82) is 0 Å². The van der Waals surface area contributed by atoms with Crippen molar-refractivity contribution in [3.63, 3.8) is 0 Å². The molecule has 6 heteroatoms. The number of rotatable bonds is 4. The summed E-state index contributed by atoms with van der Waals surface area (Å²) in [6, 6.07) is 8.00. The van der Waals surface area contributed by atoms with E-state index >= 15 is 0 Å². The Morgan fingerprint density at radius 1 is 1.00 bits per heavy atom. The Kier molecular flexibility index (Phi) is 4.70. The lowest BCUT2D eigenvalue weighted by molar-refractivity contribution is 0.0827. The molecule has 1 N–H and O–H groups in total. The number of hydrogen-bond donors (Lipinski definition) is 1. The first kappa shape index (κ1) is 15.9. The highest BCUT2D eigenvalue weighted by Gasteiger charge is 2.10. The lowest BCUT2D eigenvalue weighted by Crippen LogP contribution is -2.21. The summed E-state index contributed by atoms with van der Waals surface area (Å²) in [6.07, 6.45) is 0. The Balaban J connectivity index is 2.06. The van der Waals surface area contributed by atoms with Gasteiger partial charge < -0.3 is 10.2 Å². The number of nitrogens with one attached hydrogen (secondary N) is 1. The fourth-order valence-corrected chi connectivity index (χ4v) is 1.88. The second kappa shape index (κ2) is 6.51. The van der Waals surface area contributed by atoms with E-state index in [-0.39, 0.29) is 18.1 Å². The molecular formula is C16H15F3N2O. The molecule has 0 aliphatic heterocycles.